The summed E-state index contributed by atoms with van der Waals surface area (Å²) >= 11 is 0. The van der Waals surface area contributed by atoms with Crippen molar-refractivity contribution in [2.45, 2.75) is 31.8 Å². The Bertz CT molecular complexity index is 621. The first-order valence-electron chi connectivity index (χ1n) is 7.37. The first-order valence-corrected chi connectivity index (χ1v) is 7.37. The zero-order valence-corrected chi connectivity index (χ0v) is 12.9. The molecule has 122 valence electrons. The highest BCUT2D eigenvalue weighted by Crippen LogP contribution is 2.21. The average molecular weight is 317 g/mol. The van der Waals surface area contributed by atoms with Crippen molar-refractivity contribution in [3.63, 3.8) is 0 Å². The van der Waals surface area contributed by atoms with Gasteiger partial charge in [-0.25, -0.2) is 0 Å². The Kier molecular flexibility index (Phi) is 5.10. The molecule has 0 aromatic carbocycles. The lowest BCUT2D eigenvalue weighted by atomic mass is 10.0. The number of nitrogens with zero attached hydrogens (tertiary/aromatic N) is 1. The number of imide groups is 1. The summed E-state index contributed by atoms with van der Waals surface area (Å²) in [7, 11) is 0. The van der Waals surface area contributed by atoms with Crippen molar-refractivity contribution in [1.29, 1.82) is 0 Å². The van der Waals surface area contributed by atoms with Crippen LogP contribution in [0.5, 0.6) is 0 Å². The van der Waals surface area contributed by atoms with Crippen molar-refractivity contribution in [2.24, 2.45) is 0 Å². The Morgan fingerprint density at radius 3 is 2.83 bits per heavy atom. The molecule has 0 aliphatic carbocycles. The summed E-state index contributed by atoms with van der Waals surface area (Å²) in [5.41, 5.74) is 0.976. The molecule has 0 saturated carbocycles. The fourth-order valence-electron chi connectivity index (χ4n) is 2.53. The minimum atomic E-state index is -0.628. The number of hydrogen-bond donors (Lipinski definition) is 2. The molecule has 2 aliphatic heterocycles. The standard InChI is InChI=1S/C16H19N3O4/c1-3-12(17-10(2)9-20)8-11-6-7-19(16(11)23)13-4-5-14(21)18-15(13)22/h3,6,8-10,13,17H,1,4-5,7H2,2H3,(H,18,21,22)/b12-8+. The van der Waals surface area contributed by atoms with E-state index in [2.05, 4.69) is 17.2 Å². The Labute approximate surface area is 134 Å². The van der Waals surface area contributed by atoms with Gasteiger partial charge >= 0.3 is 0 Å². The number of carbonyl (C=O) groups is 4. The molecule has 0 aromatic heterocycles. The summed E-state index contributed by atoms with van der Waals surface area (Å²) in [5, 5.41) is 5.16. The number of amides is 3. The SMILES string of the molecule is C=C/C(=C\C1=CCN(C2CCC(=O)NC2=O)C1=O)NC(C)C=O. The van der Waals surface area contributed by atoms with E-state index in [4.69, 9.17) is 0 Å². The summed E-state index contributed by atoms with van der Waals surface area (Å²) in [4.78, 5) is 47.7. The highest BCUT2D eigenvalue weighted by molar-refractivity contribution is 6.05. The first-order chi connectivity index (χ1) is 11.0. The van der Waals surface area contributed by atoms with Crippen molar-refractivity contribution in [2.75, 3.05) is 6.54 Å². The summed E-state index contributed by atoms with van der Waals surface area (Å²) in [6.07, 6.45) is 6.13. The van der Waals surface area contributed by atoms with Crippen LogP contribution in [0.1, 0.15) is 19.8 Å². The van der Waals surface area contributed by atoms with Crippen molar-refractivity contribution in [1.82, 2.24) is 15.5 Å². The van der Waals surface area contributed by atoms with Crippen LogP contribution < -0.4 is 10.6 Å². The summed E-state index contributed by atoms with van der Waals surface area (Å²) in [6.45, 7) is 5.64. The van der Waals surface area contributed by atoms with Crippen LogP contribution in [-0.4, -0.2) is 47.5 Å². The molecule has 7 heteroatoms. The van der Waals surface area contributed by atoms with Gasteiger partial charge in [0.2, 0.25) is 11.8 Å². The van der Waals surface area contributed by atoms with E-state index in [9.17, 15) is 19.2 Å². The average Bonchev–Trinajstić information content (AvgIpc) is 2.87. The van der Waals surface area contributed by atoms with Crippen LogP contribution in [0.4, 0.5) is 0 Å². The smallest absolute Gasteiger partial charge is 0.254 e. The molecule has 0 spiro atoms. The molecule has 2 unspecified atom stereocenters. The van der Waals surface area contributed by atoms with Crippen LogP contribution in [0.15, 0.2) is 36.1 Å². The lowest BCUT2D eigenvalue weighted by Crippen LogP contribution is -2.53. The van der Waals surface area contributed by atoms with Gasteiger partial charge < -0.3 is 15.0 Å². The van der Waals surface area contributed by atoms with E-state index >= 15 is 0 Å². The van der Waals surface area contributed by atoms with Crippen molar-refractivity contribution in [3.8, 4) is 0 Å². The number of rotatable bonds is 6. The van der Waals surface area contributed by atoms with Crippen molar-refractivity contribution >= 4 is 24.0 Å². The number of piperidine rings is 1. The van der Waals surface area contributed by atoms with Crippen LogP contribution in [-0.2, 0) is 19.2 Å². The summed E-state index contributed by atoms with van der Waals surface area (Å²) in [6, 6.07) is -1.03. The molecule has 0 aromatic rings. The maximum atomic E-state index is 12.5. The minimum absolute atomic E-state index is 0.224. The number of carbonyl (C=O) groups excluding carboxylic acids is 4. The molecule has 2 aliphatic rings. The summed E-state index contributed by atoms with van der Waals surface area (Å²) < 4.78 is 0. The Balaban J connectivity index is 2.08. The van der Waals surface area contributed by atoms with E-state index < -0.39 is 18.0 Å². The van der Waals surface area contributed by atoms with E-state index in [-0.39, 0.29) is 18.2 Å². The second-order valence-corrected chi connectivity index (χ2v) is 5.46. The highest BCUT2D eigenvalue weighted by Gasteiger charge is 2.36. The molecule has 2 N–H and O–H groups in total. The third kappa shape index (κ3) is 3.74. The normalized spacial score (nSPS) is 23.3. The van der Waals surface area contributed by atoms with E-state index in [1.54, 1.807) is 19.1 Å². The second kappa shape index (κ2) is 7.04. The zero-order valence-electron chi connectivity index (χ0n) is 12.9. The fraction of sp³-hybridized carbons (Fsp3) is 0.375. The Morgan fingerprint density at radius 1 is 1.48 bits per heavy atom. The zero-order chi connectivity index (χ0) is 17.0. The van der Waals surface area contributed by atoms with Crippen LogP contribution in [0, 0.1) is 0 Å². The van der Waals surface area contributed by atoms with E-state index in [1.165, 1.54) is 11.0 Å². The van der Waals surface area contributed by atoms with Gasteiger partial charge in [-0.05, 0) is 25.5 Å². The predicted molar refractivity (Wildman–Crippen MR) is 82.9 cm³/mol. The molecule has 7 nitrogen and oxygen atoms in total. The van der Waals surface area contributed by atoms with Crippen LogP contribution >= 0.6 is 0 Å². The fourth-order valence-corrected chi connectivity index (χ4v) is 2.53. The van der Waals surface area contributed by atoms with E-state index in [0.29, 0.717) is 24.2 Å². The van der Waals surface area contributed by atoms with Gasteiger partial charge in [-0.1, -0.05) is 12.7 Å². The van der Waals surface area contributed by atoms with Crippen LogP contribution in [0.3, 0.4) is 0 Å². The Hall–Kier alpha value is -2.70. The second-order valence-electron chi connectivity index (χ2n) is 5.46. The quantitative estimate of drug-likeness (QED) is 0.402. The molecule has 1 saturated heterocycles. The molecule has 2 heterocycles. The maximum absolute atomic E-state index is 12.5. The van der Waals surface area contributed by atoms with E-state index in [0.717, 1.165) is 6.29 Å². The highest BCUT2D eigenvalue weighted by atomic mass is 16.2. The topological polar surface area (TPSA) is 95.6 Å². The van der Waals surface area contributed by atoms with Crippen LogP contribution in [0.2, 0.25) is 0 Å². The number of nitrogens with one attached hydrogen (secondary N) is 2. The lowest BCUT2D eigenvalue weighted by Gasteiger charge is -2.29. The first kappa shape index (κ1) is 16.7. The van der Waals surface area contributed by atoms with Gasteiger partial charge in [-0.15, -0.1) is 0 Å². The monoisotopic (exact) mass is 317 g/mol. The number of aldehydes is 1. The van der Waals surface area contributed by atoms with Crippen LogP contribution in [0.25, 0.3) is 0 Å². The maximum Gasteiger partial charge on any atom is 0.254 e. The number of allylic oxidation sites excluding steroid dienone is 1. The van der Waals surface area contributed by atoms with Gasteiger partial charge in [0.15, 0.2) is 0 Å². The van der Waals surface area contributed by atoms with Gasteiger partial charge in [-0.2, -0.15) is 0 Å². The van der Waals surface area contributed by atoms with Gasteiger partial charge in [0.05, 0.1) is 6.04 Å². The summed E-state index contributed by atoms with van der Waals surface area (Å²) in [5.74, 6) is -1.03. The van der Waals surface area contributed by atoms with Crippen molar-refractivity contribution < 1.29 is 19.2 Å². The number of hydrogen-bond acceptors (Lipinski definition) is 5. The molecule has 1 fully saturated rings. The molecule has 0 radical (unpaired) electrons. The molecule has 3 amide bonds. The largest absolute Gasteiger partial charge is 0.376 e. The Morgan fingerprint density at radius 2 is 2.22 bits per heavy atom. The molecule has 23 heavy (non-hydrogen) atoms. The van der Waals surface area contributed by atoms with Gasteiger partial charge in [-0.3, -0.25) is 19.7 Å². The molecular formula is C16H19N3O4. The van der Waals surface area contributed by atoms with Crippen molar-refractivity contribution in [3.05, 3.63) is 36.1 Å². The lowest BCUT2D eigenvalue weighted by molar-refractivity contribution is -0.142. The molecular weight excluding hydrogens is 298 g/mol. The molecule has 2 atom stereocenters. The van der Waals surface area contributed by atoms with Gasteiger partial charge in [0, 0.05) is 24.2 Å². The molecule has 2 rings (SSSR count). The third-order valence-corrected chi connectivity index (χ3v) is 3.73. The molecule has 0 bridgehead atoms. The minimum Gasteiger partial charge on any atom is -0.376 e. The van der Waals surface area contributed by atoms with E-state index in [1.807, 2.05) is 0 Å². The van der Waals surface area contributed by atoms with Gasteiger partial charge in [0.25, 0.3) is 5.91 Å². The van der Waals surface area contributed by atoms with Gasteiger partial charge in [0.1, 0.15) is 12.3 Å². The predicted octanol–water partition coefficient (Wildman–Crippen LogP) is -0.193. The third-order valence-electron chi connectivity index (χ3n) is 3.73.